The summed E-state index contributed by atoms with van der Waals surface area (Å²) in [6.07, 6.45) is 2.79. The van der Waals surface area contributed by atoms with Gasteiger partial charge in [-0.15, -0.1) is 0 Å². The molecule has 1 N–H and O–H groups in total. The Hall–Kier alpha value is -3.68. The molecule has 0 unspecified atom stereocenters. The number of ether oxygens (including phenoxy) is 5. The minimum Gasteiger partial charge on any atom is -0.497 e. The first-order chi connectivity index (χ1) is 14.5. The molecule has 1 aliphatic heterocycles. The van der Waals surface area contributed by atoms with E-state index >= 15 is 0 Å². The summed E-state index contributed by atoms with van der Waals surface area (Å²) >= 11 is 0. The van der Waals surface area contributed by atoms with Gasteiger partial charge in [0.2, 0.25) is 6.79 Å². The third kappa shape index (κ3) is 5.44. The van der Waals surface area contributed by atoms with E-state index in [1.54, 1.807) is 44.6 Å². The molecule has 158 valence electrons. The van der Waals surface area contributed by atoms with Crippen LogP contribution >= 0.6 is 0 Å². The van der Waals surface area contributed by atoms with Gasteiger partial charge in [-0.2, -0.15) is 0 Å². The van der Waals surface area contributed by atoms with Crippen LogP contribution in [0.5, 0.6) is 23.0 Å². The zero-order valence-corrected chi connectivity index (χ0v) is 17.0. The summed E-state index contributed by atoms with van der Waals surface area (Å²) < 4.78 is 26.0. The van der Waals surface area contributed by atoms with E-state index in [1.807, 2.05) is 19.1 Å². The van der Waals surface area contributed by atoms with E-state index in [0.29, 0.717) is 28.6 Å². The molecule has 2 aromatic rings. The summed E-state index contributed by atoms with van der Waals surface area (Å²) in [5.74, 6) is 1.46. The quantitative estimate of drug-likeness (QED) is 0.525. The van der Waals surface area contributed by atoms with Gasteiger partial charge < -0.3 is 29.0 Å². The van der Waals surface area contributed by atoms with E-state index < -0.39 is 11.9 Å². The van der Waals surface area contributed by atoms with Crippen LogP contribution in [0.25, 0.3) is 6.08 Å². The van der Waals surface area contributed by atoms with Gasteiger partial charge in [0, 0.05) is 12.1 Å². The molecule has 0 bridgehead atoms. The van der Waals surface area contributed by atoms with Gasteiger partial charge >= 0.3 is 5.97 Å². The molecular weight excluding hydrogens is 390 g/mol. The van der Waals surface area contributed by atoms with Crippen LogP contribution in [-0.2, 0) is 14.3 Å². The topological polar surface area (TPSA) is 92.3 Å². The predicted octanol–water partition coefficient (Wildman–Crippen LogP) is 2.87. The highest BCUT2D eigenvalue weighted by Gasteiger charge is 2.17. The number of amides is 1. The Morgan fingerprint density at radius 1 is 1.07 bits per heavy atom. The Balaban J connectivity index is 1.49. The number of carbonyl (C=O) groups excluding carboxylic acids is 2. The molecule has 0 radical (unpaired) electrons. The van der Waals surface area contributed by atoms with Gasteiger partial charge in [0.15, 0.2) is 18.1 Å². The number of carbonyl (C=O) groups is 2. The van der Waals surface area contributed by atoms with Crippen molar-refractivity contribution < 1.29 is 33.3 Å². The maximum atomic E-state index is 12.1. The third-order valence-corrected chi connectivity index (χ3v) is 4.41. The fourth-order valence-electron chi connectivity index (χ4n) is 2.82. The molecule has 30 heavy (non-hydrogen) atoms. The van der Waals surface area contributed by atoms with Crippen molar-refractivity contribution in [1.82, 2.24) is 5.32 Å². The monoisotopic (exact) mass is 413 g/mol. The molecule has 1 aliphatic rings. The molecule has 1 atom stereocenters. The lowest BCUT2D eigenvalue weighted by atomic mass is 10.1. The Morgan fingerprint density at radius 2 is 1.77 bits per heavy atom. The van der Waals surface area contributed by atoms with Crippen molar-refractivity contribution in [2.75, 3.05) is 27.6 Å². The van der Waals surface area contributed by atoms with Crippen LogP contribution < -0.4 is 24.3 Å². The minimum atomic E-state index is -0.636. The first-order valence-corrected chi connectivity index (χ1v) is 9.25. The lowest BCUT2D eigenvalue weighted by molar-refractivity contribution is -0.144. The fourth-order valence-corrected chi connectivity index (χ4v) is 2.82. The largest absolute Gasteiger partial charge is 0.497 e. The smallest absolute Gasteiger partial charge is 0.331 e. The number of hydrogen-bond acceptors (Lipinski definition) is 7. The highest BCUT2D eigenvalue weighted by Crippen LogP contribution is 2.34. The normalized spacial score (nSPS) is 13.0. The van der Waals surface area contributed by atoms with Gasteiger partial charge in [-0.3, -0.25) is 4.79 Å². The Labute approximate surface area is 174 Å². The van der Waals surface area contributed by atoms with Crippen LogP contribution in [0.4, 0.5) is 0 Å². The average molecular weight is 413 g/mol. The number of rotatable bonds is 8. The summed E-state index contributed by atoms with van der Waals surface area (Å²) in [6.45, 7) is 1.62. The molecule has 2 aromatic carbocycles. The molecule has 0 fully saturated rings. The number of esters is 1. The number of methoxy groups -OCH3 is 2. The standard InChI is InChI=1S/C22H23NO7/c1-14(16-5-6-19-20(10-16)30-13-29-19)23-21(24)12-28-22(25)7-4-15-8-17(26-2)11-18(9-15)27-3/h4-11,14H,12-13H2,1-3H3,(H,23,24)/b7-4+/t14-/m0/s1. The molecular formula is C22H23NO7. The second kappa shape index (κ2) is 9.69. The summed E-state index contributed by atoms with van der Waals surface area (Å²) in [5, 5.41) is 2.78. The molecule has 0 aliphatic carbocycles. The summed E-state index contributed by atoms with van der Waals surface area (Å²) in [5.41, 5.74) is 1.55. The van der Waals surface area contributed by atoms with Gasteiger partial charge in [-0.1, -0.05) is 6.07 Å². The molecule has 8 heteroatoms. The van der Waals surface area contributed by atoms with Gasteiger partial charge in [-0.25, -0.2) is 4.79 Å². The highest BCUT2D eigenvalue weighted by molar-refractivity contribution is 5.89. The summed E-state index contributed by atoms with van der Waals surface area (Å²) in [4.78, 5) is 24.0. The van der Waals surface area contributed by atoms with E-state index in [0.717, 1.165) is 5.56 Å². The number of hydrogen-bond donors (Lipinski definition) is 1. The minimum absolute atomic E-state index is 0.186. The molecule has 0 aromatic heterocycles. The lowest BCUT2D eigenvalue weighted by Crippen LogP contribution is -2.30. The maximum absolute atomic E-state index is 12.1. The van der Waals surface area contributed by atoms with Crippen molar-refractivity contribution in [2.45, 2.75) is 13.0 Å². The van der Waals surface area contributed by atoms with Crippen LogP contribution in [0.15, 0.2) is 42.5 Å². The van der Waals surface area contributed by atoms with Crippen LogP contribution in [0.3, 0.4) is 0 Å². The van der Waals surface area contributed by atoms with Crippen molar-refractivity contribution in [2.24, 2.45) is 0 Å². The first-order valence-electron chi connectivity index (χ1n) is 9.25. The zero-order chi connectivity index (χ0) is 21.5. The second-order valence-corrected chi connectivity index (χ2v) is 6.49. The summed E-state index contributed by atoms with van der Waals surface area (Å²) in [7, 11) is 3.08. The van der Waals surface area contributed by atoms with Gasteiger partial charge in [0.25, 0.3) is 5.91 Å². The van der Waals surface area contributed by atoms with E-state index in [-0.39, 0.29) is 19.4 Å². The van der Waals surface area contributed by atoms with Crippen LogP contribution in [0.1, 0.15) is 24.1 Å². The molecule has 0 saturated heterocycles. The van der Waals surface area contributed by atoms with Gasteiger partial charge in [0.05, 0.1) is 20.3 Å². The van der Waals surface area contributed by atoms with Crippen LogP contribution in [-0.4, -0.2) is 39.5 Å². The molecule has 0 spiro atoms. The molecule has 1 amide bonds. The predicted molar refractivity (Wildman–Crippen MR) is 109 cm³/mol. The fraction of sp³-hybridized carbons (Fsp3) is 0.273. The van der Waals surface area contributed by atoms with Gasteiger partial charge in [0.1, 0.15) is 11.5 Å². The lowest BCUT2D eigenvalue weighted by Gasteiger charge is -2.14. The highest BCUT2D eigenvalue weighted by atomic mass is 16.7. The zero-order valence-electron chi connectivity index (χ0n) is 17.0. The van der Waals surface area contributed by atoms with Crippen LogP contribution in [0, 0.1) is 0 Å². The Bertz CT molecular complexity index is 932. The van der Waals surface area contributed by atoms with Gasteiger partial charge in [-0.05, 0) is 48.4 Å². The molecule has 8 nitrogen and oxygen atoms in total. The molecule has 1 heterocycles. The van der Waals surface area contributed by atoms with E-state index in [2.05, 4.69) is 5.32 Å². The third-order valence-electron chi connectivity index (χ3n) is 4.41. The van der Waals surface area contributed by atoms with Crippen molar-refractivity contribution in [1.29, 1.82) is 0 Å². The SMILES string of the molecule is COc1cc(/C=C/C(=O)OCC(=O)N[C@@H](C)c2ccc3c(c2)OCO3)cc(OC)c1. The van der Waals surface area contributed by atoms with Crippen LogP contribution in [0.2, 0.25) is 0 Å². The Kier molecular flexibility index (Phi) is 6.79. The van der Waals surface area contributed by atoms with E-state index in [9.17, 15) is 9.59 Å². The average Bonchev–Trinajstić information content (AvgIpc) is 3.23. The number of fused-ring (bicyclic) bond motifs is 1. The molecule has 0 saturated carbocycles. The Morgan fingerprint density at radius 3 is 2.47 bits per heavy atom. The molecule has 3 rings (SSSR count). The van der Waals surface area contributed by atoms with Crippen molar-refractivity contribution in [3.05, 3.63) is 53.6 Å². The number of nitrogens with one attached hydrogen (secondary N) is 1. The summed E-state index contributed by atoms with van der Waals surface area (Å²) in [6, 6.07) is 10.4. The van der Waals surface area contributed by atoms with Crippen molar-refractivity contribution in [3.8, 4) is 23.0 Å². The van der Waals surface area contributed by atoms with Crippen molar-refractivity contribution >= 4 is 18.0 Å². The van der Waals surface area contributed by atoms with E-state index in [1.165, 1.54) is 6.08 Å². The maximum Gasteiger partial charge on any atom is 0.331 e. The number of benzene rings is 2. The van der Waals surface area contributed by atoms with Crippen molar-refractivity contribution in [3.63, 3.8) is 0 Å². The first kappa shape index (κ1) is 21.0. The van der Waals surface area contributed by atoms with E-state index in [4.69, 9.17) is 23.7 Å². The second-order valence-electron chi connectivity index (χ2n) is 6.49.